The molecule has 1 aromatic rings. The number of benzene rings is 1. The number of rotatable bonds is 6. The van der Waals surface area contributed by atoms with Crippen molar-refractivity contribution >= 4 is 9.84 Å². The van der Waals surface area contributed by atoms with E-state index in [0.717, 1.165) is 13.0 Å². The first-order chi connectivity index (χ1) is 8.73. The Morgan fingerprint density at radius 1 is 1.16 bits per heavy atom. The average molecular weight is 283 g/mol. The van der Waals surface area contributed by atoms with E-state index in [2.05, 4.69) is 38.2 Å². The highest BCUT2D eigenvalue weighted by Crippen LogP contribution is 2.18. The Morgan fingerprint density at radius 2 is 1.68 bits per heavy atom. The van der Waals surface area contributed by atoms with E-state index < -0.39 is 9.84 Å². The maximum Gasteiger partial charge on any atom is 0.148 e. The predicted octanol–water partition coefficient (Wildman–Crippen LogP) is 2.18. The van der Waals surface area contributed by atoms with Gasteiger partial charge in [0.2, 0.25) is 0 Å². The highest BCUT2D eigenvalue weighted by Gasteiger charge is 2.17. The van der Waals surface area contributed by atoms with Gasteiger partial charge in [-0.25, -0.2) is 8.42 Å². The highest BCUT2D eigenvalue weighted by molar-refractivity contribution is 7.90. The van der Waals surface area contributed by atoms with Gasteiger partial charge in [-0.2, -0.15) is 0 Å². The van der Waals surface area contributed by atoms with Crippen molar-refractivity contribution in [2.75, 3.05) is 18.6 Å². The fraction of sp³-hybridized carbons (Fsp3) is 0.600. The van der Waals surface area contributed by atoms with Crippen molar-refractivity contribution in [3.8, 4) is 0 Å². The third kappa shape index (κ3) is 5.33. The van der Waals surface area contributed by atoms with Crippen LogP contribution in [0.25, 0.3) is 0 Å². The standard InChI is InChI=1S/C15H25NO2S/c1-6-16-14(10-19(5,17)18)9-15-12(3)7-11(2)8-13(15)4/h7-8,14,16H,6,9-10H2,1-5H3. The predicted molar refractivity (Wildman–Crippen MR) is 81.5 cm³/mol. The van der Waals surface area contributed by atoms with Gasteiger partial charge in [0.15, 0.2) is 0 Å². The lowest BCUT2D eigenvalue weighted by Gasteiger charge is -2.20. The third-order valence-electron chi connectivity index (χ3n) is 3.29. The van der Waals surface area contributed by atoms with Crippen LogP contribution in [0.2, 0.25) is 0 Å². The normalized spacial score (nSPS) is 13.5. The van der Waals surface area contributed by atoms with Crippen molar-refractivity contribution < 1.29 is 8.42 Å². The largest absolute Gasteiger partial charge is 0.313 e. The molecule has 108 valence electrons. The van der Waals surface area contributed by atoms with Crippen molar-refractivity contribution in [1.29, 1.82) is 0 Å². The summed E-state index contributed by atoms with van der Waals surface area (Å²) in [7, 11) is -2.96. The van der Waals surface area contributed by atoms with E-state index in [-0.39, 0.29) is 11.8 Å². The average Bonchev–Trinajstić information content (AvgIpc) is 2.21. The summed E-state index contributed by atoms with van der Waals surface area (Å²) in [6.07, 6.45) is 2.06. The molecule has 0 aliphatic rings. The molecule has 0 aliphatic heterocycles. The monoisotopic (exact) mass is 283 g/mol. The van der Waals surface area contributed by atoms with Crippen molar-refractivity contribution in [2.24, 2.45) is 0 Å². The van der Waals surface area contributed by atoms with Gasteiger partial charge in [-0.3, -0.25) is 0 Å². The molecule has 0 saturated carbocycles. The van der Waals surface area contributed by atoms with Crippen LogP contribution in [0.4, 0.5) is 0 Å². The zero-order valence-corrected chi connectivity index (χ0v) is 13.4. The summed E-state index contributed by atoms with van der Waals surface area (Å²) in [5.41, 5.74) is 5.00. The smallest absolute Gasteiger partial charge is 0.148 e. The lowest BCUT2D eigenvalue weighted by Crippen LogP contribution is -2.37. The molecule has 0 spiro atoms. The highest BCUT2D eigenvalue weighted by atomic mass is 32.2. The third-order valence-corrected chi connectivity index (χ3v) is 4.30. The molecular formula is C15H25NO2S. The Balaban J connectivity index is 2.97. The topological polar surface area (TPSA) is 46.2 Å². The first kappa shape index (κ1) is 16.2. The number of nitrogens with one attached hydrogen (secondary N) is 1. The van der Waals surface area contributed by atoms with Crippen LogP contribution in [-0.4, -0.2) is 33.0 Å². The second-order valence-electron chi connectivity index (χ2n) is 5.43. The van der Waals surface area contributed by atoms with E-state index >= 15 is 0 Å². The van der Waals surface area contributed by atoms with Gasteiger partial charge >= 0.3 is 0 Å². The minimum absolute atomic E-state index is 0.0138. The van der Waals surface area contributed by atoms with E-state index in [1.807, 2.05) is 6.92 Å². The Morgan fingerprint density at radius 3 is 2.11 bits per heavy atom. The second kappa shape index (κ2) is 6.53. The number of sulfone groups is 1. The summed E-state index contributed by atoms with van der Waals surface area (Å²) in [5.74, 6) is 0.188. The Kier molecular flexibility index (Phi) is 5.56. The summed E-state index contributed by atoms with van der Waals surface area (Å²) in [5, 5.41) is 3.28. The molecule has 1 unspecified atom stereocenters. The van der Waals surface area contributed by atoms with Gasteiger partial charge in [-0.15, -0.1) is 0 Å². The molecule has 0 aliphatic carbocycles. The van der Waals surface area contributed by atoms with Gasteiger partial charge in [0, 0.05) is 12.3 Å². The molecule has 4 heteroatoms. The van der Waals surface area contributed by atoms with Gasteiger partial charge in [-0.05, 0) is 50.4 Å². The van der Waals surface area contributed by atoms with E-state index in [1.54, 1.807) is 0 Å². The van der Waals surface area contributed by atoms with Crippen molar-refractivity contribution in [1.82, 2.24) is 5.32 Å². The maximum atomic E-state index is 11.5. The molecule has 0 amide bonds. The van der Waals surface area contributed by atoms with Gasteiger partial charge in [0.1, 0.15) is 9.84 Å². The molecular weight excluding hydrogens is 258 g/mol. The van der Waals surface area contributed by atoms with Crippen molar-refractivity contribution in [3.63, 3.8) is 0 Å². The van der Waals surface area contributed by atoms with Crippen LogP contribution < -0.4 is 5.32 Å². The zero-order valence-electron chi connectivity index (χ0n) is 12.6. The van der Waals surface area contributed by atoms with Crippen LogP contribution >= 0.6 is 0 Å². The number of hydrogen-bond acceptors (Lipinski definition) is 3. The van der Waals surface area contributed by atoms with Crippen LogP contribution in [0, 0.1) is 20.8 Å². The van der Waals surface area contributed by atoms with Crippen LogP contribution in [0.1, 0.15) is 29.2 Å². The summed E-state index contributed by atoms with van der Waals surface area (Å²) in [6, 6.07) is 4.30. The fourth-order valence-electron chi connectivity index (χ4n) is 2.62. The summed E-state index contributed by atoms with van der Waals surface area (Å²) < 4.78 is 23.0. The number of likely N-dealkylation sites (N-methyl/N-ethyl adjacent to an activating group) is 1. The molecule has 1 atom stereocenters. The van der Waals surface area contributed by atoms with Crippen molar-refractivity contribution in [3.05, 3.63) is 34.4 Å². The molecule has 0 saturated heterocycles. The Hall–Kier alpha value is -0.870. The lowest BCUT2D eigenvalue weighted by atomic mass is 9.95. The number of aryl methyl sites for hydroxylation is 3. The van der Waals surface area contributed by atoms with E-state index in [0.29, 0.717) is 0 Å². The first-order valence-corrected chi connectivity index (χ1v) is 8.76. The Bertz CT molecular complexity index is 512. The molecule has 0 bridgehead atoms. The number of hydrogen-bond donors (Lipinski definition) is 1. The molecule has 0 aromatic heterocycles. The minimum Gasteiger partial charge on any atom is -0.313 e. The van der Waals surface area contributed by atoms with Gasteiger partial charge in [-0.1, -0.05) is 24.6 Å². The second-order valence-corrected chi connectivity index (χ2v) is 7.61. The molecule has 0 fully saturated rings. The van der Waals surface area contributed by atoms with Crippen LogP contribution in [-0.2, 0) is 16.3 Å². The van der Waals surface area contributed by atoms with Crippen molar-refractivity contribution in [2.45, 2.75) is 40.2 Å². The molecule has 1 rings (SSSR count). The maximum absolute atomic E-state index is 11.5. The Labute approximate surface area is 117 Å². The van der Waals surface area contributed by atoms with Gasteiger partial charge < -0.3 is 5.32 Å². The van der Waals surface area contributed by atoms with E-state index in [4.69, 9.17) is 0 Å². The summed E-state index contributed by atoms with van der Waals surface area (Å²) in [4.78, 5) is 0. The summed E-state index contributed by atoms with van der Waals surface area (Å²) >= 11 is 0. The molecule has 0 radical (unpaired) electrons. The lowest BCUT2D eigenvalue weighted by molar-refractivity contribution is 0.543. The van der Waals surface area contributed by atoms with E-state index in [9.17, 15) is 8.42 Å². The first-order valence-electron chi connectivity index (χ1n) is 6.70. The zero-order chi connectivity index (χ0) is 14.6. The van der Waals surface area contributed by atoms with Gasteiger partial charge in [0.05, 0.1) is 5.75 Å². The molecule has 0 heterocycles. The minimum atomic E-state index is -2.96. The molecule has 19 heavy (non-hydrogen) atoms. The SMILES string of the molecule is CCNC(Cc1c(C)cc(C)cc1C)CS(C)(=O)=O. The quantitative estimate of drug-likeness (QED) is 0.870. The molecule has 3 nitrogen and oxygen atoms in total. The molecule has 1 N–H and O–H groups in total. The van der Waals surface area contributed by atoms with Crippen LogP contribution in [0.5, 0.6) is 0 Å². The summed E-state index contributed by atoms with van der Waals surface area (Å²) in [6.45, 7) is 9.06. The fourth-order valence-corrected chi connectivity index (χ4v) is 3.59. The van der Waals surface area contributed by atoms with E-state index in [1.165, 1.54) is 28.5 Å². The molecule has 1 aromatic carbocycles. The van der Waals surface area contributed by atoms with Crippen LogP contribution in [0.15, 0.2) is 12.1 Å². The van der Waals surface area contributed by atoms with Crippen LogP contribution in [0.3, 0.4) is 0 Å². The van der Waals surface area contributed by atoms with Gasteiger partial charge in [0.25, 0.3) is 0 Å².